The molecule has 17 heavy (non-hydrogen) atoms. The van der Waals surface area contributed by atoms with Gasteiger partial charge in [0.25, 0.3) is 0 Å². The second kappa shape index (κ2) is 6.59. The molecule has 0 heterocycles. The number of amides is 2. The van der Waals surface area contributed by atoms with Crippen LogP contribution >= 0.6 is 0 Å². The average Bonchev–Trinajstić information content (AvgIpc) is 2.30. The first-order chi connectivity index (χ1) is 7.84. The predicted molar refractivity (Wildman–Crippen MR) is 68.4 cm³/mol. The van der Waals surface area contributed by atoms with Crippen molar-refractivity contribution >= 4 is 11.8 Å². The highest BCUT2D eigenvalue weighted by atomic mass is 16.2. The molecule has 0 radical (unpaired) electrons. The molecule has 0 aromatic heterocycles. The lowest BCUT2D eigenvalue weighted by Crippen LogP contribution is -2.52. The van der Waals surface area contributed by atoms with Crippen molar-refractivity contribution in [1.29, 1.82) is 0 Å². The van der Waals surface area contributed by atoms with E-state index in [9.17, 15) is 9.59 Å². The fourth-order valence-corrected chi connectivity index (χ4v) is 1.75. The van der Waals surface area contributed by atoms with Gasteiger partial charge < -0.3 is 16.0 Å². The third-order valence-electron chi connectivity index (χ3n) is 3.38. The minimum atomic E-state index is -0.555. The topological polar surface area (TPSA) is 75.4 Å². The number of nitrogens with one attached hydrogen (secondary N) is 1. The van der Waals surface area contributed by atoms with Crippen molar-refractivity contribution in [3.05, 3.63) is 0 Å². The second-order valence-corrected chi connectivity index (χ2v) is 4.62. The van der Waals surface area contributed by atoms with Crippen LogP contribution in [0.1, 0.15) is 33.6 Å². The maximum Gasteiger partial charge on any atom is 0.244 e. The fourth-order valence-electron chi connectivity index (χ4n) is 1.75. The summed E-state index contributed by atoms with van der Waals surface area (Å²) in [4.78, 5) is 25.2. The summed E-state index contributed by atoms with van der Waals surface area (Å²) in [5.41, 5.74) is 5.13. The van der Waals surface area contributed by atoms with Crippen LogP contribution in [0.4, 0.5) is 0 Å². The Morgan fingerprint density at radius 2 is 1.76 bits per heavy atom. The Kier molecular flexibility index (Phi) is 6.16. The number of hydrogen-bond donors (Lipinski definition) is 2. The number of hydrogen-bond acceptors (Lipinski definition) is 3. The summed E-state index contributed by atoms with van der Waals surface area (Å²) in [6, 6.07) is -0.512. The highest BCUT2D eigenvalue weighted by molar-refractivity contribution is 5.89. The highest BCUT2D eigenvalue weighted by Crippen LogP contribution is 2.25. The molecule has 0 rings (SSSR count). The maximum atomic E-state index is 12.1. The summed E-state index contributed by atoms with van der Waals surface area (Å²) in [6.45, 7) is 5.87. The SMILES string of the molecule is CCC(CC)(CN)C(=O)NC(C)C(=O)N(C)C. The Hall–Kier alpha value is -1.10. The van der Waals surface area contributed by atoms with Crippen molar-refractivity contribution < 1.29 is 9.59 Å². The Morgan fingerprint density at radius 1 is 1.29 bits per heavy atom. The molecule has 0 bridgehead atoms. The number of carbonyl (C=O) groups is 2. The largest absolute Gasteiger partial charge is 0.347 e. The summed E-state index contributed by atoms with van der Waals surface area (Å²) in [5.74, 6) is -0.246. The van der Waals surface area contributed by atoms with Crippen LogP contribution in [-0.2, 0) is 9.59 Å². The Morgan fingerprint density at radius 3 is 2.06 bits per heavy atom. The first kappa shape index (κ1) is 15.9. The Labute approximate surface area is 104 Å². The van der Waals surface area contributed by atoms with E-state index in [1.54, 1.807) is 21.0 Å². The van der Waals surface area contributed by atoms with Gasteiger partial charge in [-0.15, -0.1) is 0 Å². The smallest absolute Gasteiger partial charge is 0.244 e. The minimum absolute atomic E-state index is 0.114. The molecule has 2 amide bonds. The van der Waals surface area contributed by atoms with Crippen LogP contribution in [0.3, 0.4) is 0 Å². The standard InChI is InChI=1S/C12H25N3O2/c1-6-12(7-2,8-13)11(17)14-9(3)10(16)15(4)5/h9H,6-8,13H2,1-5H3,(H,14,17). The van der Waals surface area contributed by atoms with E-state index in [-0.39, 0.29) is 11.8 Å². The molecule has 0 aliphatic carbocycles. The molecule has 0 spiro atoms. The number of rotatable bonds is 6. The predicted octanol–water partition coefficient (Wildman–Crippen LogP) is 0.344. The molecule has 1 unspecified atom stereocenters. The van der Waals surface area contributed by atoms with E-state index in [2.05, 4.69) is 5.32 Å². The van der Waals surface area contributed by atoms with Crippen LogP contribution in [0.25, 0.3) is 0 Å². The lowest BCUT2D eigenvalue weighted by molar-refractivity contribution is -0.138. The Bertz CT molecular complexity index is 265. The van der Waals surface area contributed by atoms with Gasteiger partial charge in [0.1, 0.15) is 6.04 Å². The van der Waals surface area contributed by atoms with Crippen LogP contribution in [0.5, 0.6) is 0 Å². The third-order valence-corrected chi connectivity index (χ3v) is 3.38. The van der Waals surface area contributed by atoms with Crippen molar-refractivity contribution in [2.24, 2.45) is 11.1 Å². The molecule has 0 aliphatic rings. The van der Waals surface area contributed by atoms with Crippen molar-refractivity contribution in [1.82, 2.24) is 10.2 Å². The first-order valence-corrected chi connectivity index (χ1v) is 6.06. The molecule has 0 aromatic rings. The molecule has 3 N–H and O–H groups in total. The summed E-state index contributed by atoms with van der Waals surface area (Å²) in [6.07, 6.45) is 1.35. The monoisotopic (exact) mass is 243 g/mol. The van der Waals surface area contributed by atoms with E-state index in [1.165, 1.54) is 4.90 Å². The van der Waals surface area contributed by atoms with Crippen molar-refractivity contribution in [2.45, 2.75) is 39.7 Å². The van der Waals surface area contributed by atoms with Gasteiger partial charge in [0, 0.05) is 20.6 Å². The highest BCUT2D eigenvalue weighted by Gasteiger charge is 2.34. The molecule has 1 atom stereocenters. The molecule has 0 saturated heterocycles. The summed E-state index contributed by atoms with van der Waals surface area (Å²) in [5, 5.41) is 2.74. The molecule has 0 saturated carbocycles. The van der Waals surface area contributed by atoms with Crippen LogP contribution in [0, 0.1) is 5.41 Å². The number of nitrogens with two attached hydrogens (primary N) is 1. The zero-order chi connectivity index (χ0) is 13.6. The molecule has 5 nitrogen and oxygen atoms in total. The summed E-state index contributed by atoms with van der Waals surface area (Å²) < 4.78 is 0. The van der Waals surface area contributed by atoms with Gasteiger partial charge >= 0.3 is 0 Å². The third kappa shape index (κ3) is 3.70. The van der Waals surface area contributed by atoms with Crippen molar-refractivity contribution in [3.63, 3.8) is 0 Å². The van der Waals surface area contributed by atoms with Crippen molar-refractivity contribution in [2.75, 3.05) is 20.6 Å². The van der Waals surface area contributed by atoms with Gasteiger partial charge in [-0.3, -0.25) is 9.59 Å². The van der Waals surface area contributed by atoms with E-state index >= 15 is 0 Å². The van der Waals surface area contributed by atoms with Gasteiger partial charge in [0.05, 0.1) is 5.41 Å². The van der Waals surface area contributed by atoms with E-state index < -0.39 is 11.5 Å². The number of nitrogens with zero attached hydrogens (tertiary/aromatic N) is 1. The van der Waals surface area contributed by atoms with Gasteiger partial charge in [-0.1, -0.05) is 13.8 Å². The van der Waals surface area contributed by atoms with Crippen molar-refractivity contribution in [3.8, 4) is 0 Å². The normalized spacial score (nSPS) is 13.1. The average molecular weight is 243 g/mol. The number of carbonyl (C=O) groups excluding carboxylic acids is 2. The first-order valence-electron chi connectivity index (χ1n) is 6.06. The zero-order valence-electron chi connectivity index (χ0n) is 11.5. The lowest BCUT2D eigenvalue weighted by atomic mass is 9.81. The van der Waals surface area contributed by atoms with Crippen LogP contribution in [0.15, 0.2) is 0 Å². The van der Waals surface area contributed by atoms with Gasteiger partial charge in [0.2, 0.25) is 11.8 Å². The van der Waals surface area contributed by atoms with E-state index in [0.717, 1.165) is 0 Å². The quantitative estimate of drug-likeness (QED) is 0.706. The molecule has 0 aromatic carbocycles. The minimum Gasteiger partial charge on any atom is -0.347 e. The molecule has 0 fully saturated rings. The molecule has 5 heteroatoms. The second-order valence-electron chi connectivity index (χ2n) is 4.62. The van der Waals surface area contributed by atoms with Crippen LogP contribution < -0.4 is 11.1 Å². The fraction of sp³-hybridized carbons (Fsp3) is 0.833. The molecule has 0 aliphatic heterocycles. The van der Waals surface area contributed by atoms with Crippen LogP contribution in [0.2, 0.25) is 0 Å². The molecular weight excluding hydrogens is 218 g/mol. The lowest BCUT2D eigenvalue weighted by Gasteiger charge is -2.30. The molecular formula is C12H25N3O2. The van der Waals surface area contributed by atoms with Gasteiger partial charge in [-0.25, -0.2) is 0 Å². The molecule has 100 valence electrons. The van der Waals surface area contributed by atoms with E-state index in [4.69, 9.17) is 5.73 Å². The summed E-state index contributed by atoms with van der Waals surface area (Å²) >= 11 is 0. The Balaban J connectivity index is 4.68. The van der Waals surface area contributed by atoms with Gasteiger partial charge in [-0.05, 0) is 19.8 Å². The summed E-state index contributed by atoms with van der Waals surface area (Å²) in [7, 11) is 3.33. The van der Waals surface area contributed by atoms with Gasteiger partial charge in [0.15, 0.2) is 0 Å². The van der Waals surface area contributed by atoms with Gasteiger partial charge in [-0.2, -0.15) is 0 Å². The van der Waals surface area contributed by atoms with E-state index in [1.807, 2.05) is 13.8 Å². The number of likely N-dealkylation sites (N-methyl/N-ethyl adjacent to an activating group) is 1. The van der Waals surface area contributed by atoms with E-state index in [0.29, 0.717) is 19.4 Å². The van der Waals surface area contributed by atoms with Crippen LogP contribution in [-0.4, -0.2) is 43.4 Å². The zero-order valence-corrected chi connectivity index (χ0v) is 11.5. The maximum absolute atomic E-state index is 12.1.